The highest BCUT2D eigenvalue weighted by molar-refractivity contribution is 8.15. The minimum atomic E-state index is -0.529. The lowest BCUT2D eigenvalue weighted by Gasteiger charge is -2.09. The maximum Gasteiger partial charge on any atom is 0.240 e. The number of ether oxygens (including phenoxy) is 1. The maximum absolute atomic E-state index is 12.3. The van der Waals surface area contributed by atoms with Crippen LogP contribution in [0.2, 0.25) is 5.02 Å². The molecule has 0 unspecified atom stereocenters. The molecular weight excluding hydrogens is 398 g/mol. The van der Waals surface area contributed by atoms with E-state index in [-0.39, 0.29) is 18.2 Å². The molecule has 1 fully saturated rings. The fourth-order valence-electron chi connectivity index (χ4n) is 2.63. The van der Waals surface area contributed by atoms with Crippen molar-refractivity contribution in [1.29, 1.82) is 0 Å². The van der Waals surface area contributed by atoms with Gasteiger partial charge in [-0.2, -0.15) is 0 Å². The standard InChI is InChI=1S/C20H20ClN3O3S/c1-11-4-5-13(8-12(11)2)23-20-24-19(26)17(28-20)10-18(25)22-14-6-7-16(27-3)15(21)9-14/h4-9,17H,10H2,1-3H3,(H,22,25)(H,23,24,26)/t17-/m0/s1. The number of aryl methyl sites for hydroxylation is 2. The number of halogens is 1. The molecule has 0 radical (unpaired) electrons. The summed E-state index contributed by atoms with van der Waals surface area (Å²) in [5, 5.41) is 5.85. The van der Waals surface area contributed by atoms with Crippen molar-refractivity contribution in [3.05, 3.63) is 52.5 Å². The highest BCUT2D eigenvalue weighted by Crippen LogP contribution is 2.29. The number of rotatable bonds is 5. The summed E-state index contributed by atoms with van der Waals surface area (Å²) >= 11 is 7.32. The van der Waals surface area contributed by atoms with E-state index in [1.165, 1.54) is 24.4 Å². The van der Waals surface area contributed by atoms with Gasteiger partial charge in [0, 0.05) is 12.1 Å². The molecule has 0 bridgehead atoms. The van der Waals surface area contributed by atoms with Crippen LogP contribution in [0, 0.1) is 13.8 Å². The Kier molecular flexibility index (Phi) is 6.26. The number of methoxy groups -OCH3 is 1. The Bertz CT molecular complexity index is 962. The molecule has 6 nitrogen and oxygen atoms in total. The number of hydrogen-bond donors (Lipinski definition) is 2. The van der Waals surface area contributed by atoms with Gasteiger partial charge < -0.3 is 15.4 Å². The Labute approximate surface area is 172 Å². The minimum absolute atomic E-state index is 0.0338. The normalized spacial score (nSPS) is 17.5. The topological polar surface area (TPSA) is 79.8 Å². The SMILES string of the molecule is COc1ccc(NC(=O)C[C@@H]2SC(=Nc3ccc(C)c(C)c3)NC2=O)cc1Cl. The van der Waals surface area contributed by atoms with Gasteiger partial charge in [0.1, 0.15) is 11.0 Å². The Balaban J connectivity index is 1.62. The fraction of sp³-hybridized carbons (Fsp3) is 0.250. The third-order valence-corrected chi connectivity index (χ3v) is 5.68. The Morgan fingerprint density at radius 2 is 2.04 bits per heavy atom. The number of anilines is 1. The zero-order valence-electron chi connectivity index (χ0n) is 15.7. The second kappa shape index (κ2) is 8.67. The molecule has 2 N–H and O–H groups in total. The van der Waals surface area contributed by atoms with Crippen molar-refractivity contribution >= 4 is 51.7 Å². The first-order chi connectivity index (χ1) is 13.4. The average molecular weight is 418 g/mol. The summed E-state index contributed by atoms with van der Waals surface area (Å²) in [5.74, 6) is 0.0226. The fourth-order valence-corrected chi connectivity index (χ4v) is 3.87. The number of benzene rings is 2. The summed E-state index contributed by atoms with van der Waals surface area (Å²) < 4.78 is 5.09. The van der Waals surface area contributed by atoms with Gasteiger partial charge >= 0.3 is 0 Å². The Morgan fingerprint density at radius 3 is 2.71 bits per heavy atom. The van der Waals surface area contributed by atoms with Crippen LogP contribution in [-0.2, 0) is 9.59 Å². The number of amides is 2. The van der Waals surface area contributed by atoms with E-state index in [2.05, 4.69) is 15.6 Å². The average Bonchev–Trinajstić information content (AvgIpc) is 2.97. The molecular formula is C20H20ClN3O3S. The number of aliphatic imine (C=N–C) groups is 1. The molecule has 28 heavy (non-hydrogen) atoms. The first kappa shape index (κ1) is 20.2. The van der Waals surface area contributed by atoms with E-state index in [4.69, 9.17) is 16.3 Å². The van der Waals surface area contributed by atoms with Gasteiger partial charge in [0.15, 0.2) is 5.17 Å². The molecule has 2 aromatic carbocycles. The van der Waals surface area contributed by atoms with Crippen molar-refractivity contribution < 1.29 is 14.3 Å². The lowest BCUT2D eigenvalue weighted by Crippen LogP contribution is -2.28. The Hall–Kier alpha value is -2.51. The molecule has 1 aliphatic rings. The predicted molar refractivity (Wildman–Crippen MR) is 114 cm³/mol. The molecule has 0 aromatic heterocycles. The van der Waals surface area contributed by atoms with Gasteiger partial charge in [0.05, 0.1) is 17.8 Å². The molecule has 1 heterocycles. The lowest BCUT2D eigenvalue weighted by molar-refractivity contribution is -0.122. The third kappa shape index (κ3) is 4.85. The van der Waals surface area contributed by atoms with Crippen LogP contribution in [0.5, 0.6) is 5.75 Å². The Morgan fingerprint density at radius 1 is 1.25 bits per heavy atom. The largest absolute Gasteiger partial charge is 0.495 e. The molecule has 0 saturated carbocycles. The second-order valence-corrected chi connectivity index (χ2v) is 7.98. The second-order valence-electron chi connectivity index (χ2n) is 6.38. The van der Waals surface area contributed by atoms with Gasteiger partial charge in [-0.15, -0.1) is 0 Å². The summed E-state index contributed by atoms with van der Waals surface area (Å²) in [6, 6.07) is 10.8. The highest BCUT2D eigenvalue weighted by atomic mass is 35.5. The van der Waals surface area contributed by atoms with Crippen molar-refractivity contribution in [2.75, 3.05) is 12.4 Å². The molecule has 1 aliphatic heterocycles. The third-order valence-electron chi connectivity index (χ3n) is 4.30. The van der Waals surface area contributed by atoms with Gasteiger partial charge in [0.25, 0.3) is 0 Å². The summed E-state index contributed by atoms with van der Waals surface area (Å²) in [6.45, 7) is 4.04. The summed E-state index contributed by atoms with van der Waals surface area (Å²) in [5.41, 5.74) is 3.62. The monoisotopic (exact) mass is 417 g/mol. The van der Waals surface area contributed by atoms with Gasteiger partial charge in [-0.25, -0.2) is 4.99 Å². The molecule has 2 aromatic rings. The molecule has 3 rings (SSSR count). The summed E-state index contributed by atoms with van der Waals surface area (Å²) in [4.78, 5) is 29.0. The number of amidine groups is 1. The van der Waals surface area contributed by atoms with Gasteiger partial charge in [-0.05, 0) is 55.3 Å². The zero-order chi connectivity index (χ0) is 20.3. The molecule has 0 aliphatic carbocycles. The van der Waals surface area contributed by atoms with Gasteiger partial charge in [-0.3, -0.25) is 9.59 Å². The van der Waals surface area contributed by atoms with E-state index >= 15 is 0 Å². The van der Waals surface area contributed by atoms with E-state index in [1.54, 1.807) is 18.2 Å². The van der Waals surface area contributed by atoms with Crippen LogP contribution in [0.3, 0.4) is 0 Å². The molecule has 2 amide bonds. The lowest BCUT2D eigenvalue weighted by atomic mass is 10.1. The first-order valence-electron chi connectivity index (χ1n) is 8.62. The van der Waals surface area contributed by atoms with Crippen LogP contribution in [-0.4, -0.2) is 29.3 Å². The quantitative estimate of drug-likeness (QED) is 0.763. The van der Waals surface area contributed by atoms with Crippen molar-refractivity contribution in [2.24, 2.45) is 4.99 Å². The number of carbonyl (C=O) groups excluding carboxylic acids is 2. The number of nitrogens with one attached hydrogen (secondary N) is 2. The van der Waals surface area contributed by atoms with Crippen LogP contribution in [0.15, 0.2) is 41.4 Å². The van der Waals surface area contributed by atoms with Crippen LogP contribution in [0.4, 0.5) is 11.4 Å². The molecule has 1 atom stereocenters. The van der Waals surface area contributed by atoms with Crippen molar-refractivity contribution in [3.8, 4) is 5.75 Å². The smallest absolute Gasteiger partial charge is 0.240 e. The van der Waals surface area contributed by atoms with Gasteiger partial charge in [-0.1, -0.05) is 29.4 Å². The van der Waals surface area contributed by atoms with Crippen molar-refractivity contribution in [3.63, 3.8) is 0 Å². The number of thioether (sulfide) groups is 1. The van der Waals surface area contributed by atoms with E-state index in [1.807, 2.05) is 32.0 Å². The number of nitrogens with zero attached hydrogens (tertiary/aromatic N) is 1. The van der Waals surface area contributed by atoms with Crippen LogP contribution >= 0.6 is 23.4 Å². The van der Waals surface area contributed by atoms with E-state index in [0.717, 1.165) is 11.3 Å². The van der Waals surface area contributed by atoms with Crippen molar-refractivity contribution in [2.45, 2.75) is 25.5 Å². The minimum Gasteiger partial charge on any atom is -0.495 e. The highest BCUT2D eigenvalue weighted by Gasteiger charge is 2.32. The van der Waals surface area contributed by atoms with Crippen LogP contribution < -0.4 is 15.4 Å². The van der Waals surface area contributed by atoms with E-state index in [0.29, 0.717) is 21.6 Å². The van der Waals surface area contributed by atoms with Gasteiger partial charge in [0.2, 0.25) is 11.8 Å². The number of hydrogen-bond acceptors (Lipinski definition) is 5. The zero-order valence-corrected chi connectivity index (χ0v) is 17.3. The molecule has 146 valence electrons. The van der Waals surface area contributed by atoms with E-state index in [9.17, 15) is 9.59 Å². The molecule has 1 saturated heterocycles. The van der Waals surface area contributed by atoms with Crippen molar-refractivity contribution in [1.82, 2.24) is 5.32 Å². The number of carbonyl (C=O) groups is 2. The van der Waals surface area contributed by atoms with Crippen LogP contribution in [0.1, 0.15) is 17.5 Å². The summed E-state index contributed by atoms with van der Waals surface area (Å²) in [7, 11) is 1.52. The van der Waals surface area contributed by atoms with E-state index < -0.39 is 5.25 Å². The first-order valence-corrected chi connectivity index (χ1v) is 9.88. The van der Waals surface area contributed by atoms with Crippen LogP contribution in [0.25, 0.3) is 0 Å². The summed E-state index contributed by atoms with van der Waals surface area (Å²) in [6.07, 6.45) is 0.0338. The molecule has 0 spiro atoms. The maximum atomic E-state index is 12.3. The molecule has 8 heteroatoms. The predicted octanol–water partition coefficient (Wildman–Crippen LogP) is 4.21.